The van der Waals surface area contributed by atoms with Gasteiger partial charge in [-0.1, -0.05) is 11.8 Å². The van der Waals surface area contributed by atoms with Gasteiger partial charge in [0.2, 0.25) is 5.91 Å². The molecular formula is C17H20N4O2S. The summed E-state index contributed by atoms with van der Waals surface area (Å²) in [5.74, 6) is 0.157. The van der Waals surface area contributed by atoms with E-state index in [9.17, 15) is 4.79 Å². The third-order valence-corrected chi connectivity index (χ3v) is 4.55. The Hall–Kier alpha value is -2.30. The van der Waals surface area contributed by atoms with Gasteiger partial charge in [0, 0.05) is 25.0 Å². The van der Waals surface area contributed by atoms with E-state index in [2.05, 4.69) is 14.9 Å². The fraction of sp³-hybridized carbons (Fsp3) is 0.353. The van der Waals surface area contributed by atoms with Crippen molar-refractivity contribution in [3.63, 3.8) is 0 Å². The number of carbonyl (C=O) groups excluding carboxylic acids is 1. The molecule has 1 amide bonds. The highest BCUT2D eigenvalue weighted by Crippen LogP contribution is 2.21. The fourth-order valence-electron chi connectivity index (χ4n) is 2.13. The van der Waals surface area contributed by atoms with E-state index < -0.39 is 0 Å². The first kappa shape index (κ1) is 18.0. The smallest absolute Gasteiger partial charge is 0.234 e. The predicted molar refractivity (Wildman–Crippen MR) is 94.1 cm³/mol. The Morgan fingerprint density at radius 2 is 2.08 bits per heavy atom. The van der Waals surface area contributed by atoms with Gasteiger partial charge in [0.05, 0.1) is 29.7 Å². The average Bonchev–Trinajstić information content (AvgIpc) is 2.86. The molecule has 0 aliphatic rings. The maximum atomic E-state index is 12.1. The molecule has 0 aliphatic heterocycles. The Balaban J connectivity index is 1.96. The van der Waals surface area contributed by atoms with Crippen LogP contribution in [0.25, 0.3) is 0 Å². The molecule has 2 rings (SSSR count). The lowest BCUT2D eigenvalue weighted by Crippen LogP contribution is -2.15. The van der Waals surface area contributed by atoms with Gasteiger partial charge in [0.1, 0.15) is 0 Å². The molecule has 6 nitrogen and oxygen atoms in total. The molecule has 0 aliphatic carbocycles. The maximum Gasteiger partial charge on any atom is 0.234 e. The third-order valence-electron chi connectivity index (χ3n) is 3.57. The first-order valence-corrected chi connectivity index (χ1v) is 8.49. The van der Waals surface area contributed by atoms with Crippen molar-refractivity contribution < 1.29 is 9.53 Å². The number of ether oxygens (including phenoxy) is 1. The number of aromatic nitrogens is 2. The number of nitrogens with one attached hydrogen (secondary N) is 1. The number of nitriles is 1. The number of benzene rings is 1. The van der Waals surface area contributed by atoms with Crippen molar-refractivity contribution in [3.05, 3.63) is 41.2 Å². The SMILES string of the molecule is COCCn1c(SCC(=O)Nc2ccc(C#N)cc2)nc(C)c1C. The largest absolute Gasteiger partial charge is 0.383 e. The average molecular weight is 344 g/mol. The van der Waals surface area contributed by atoms with E-state index >= 15 is 0 Å². The first-order chi connectivity index (χ1) is 11.5. The Kier molecular flexibility index (Phi) is 6.41. The summed E-state index contributed by atoms with van der Waals surface area (Å²) in [6, 6.07) is 8.83. The second-order valence-electron chi connectivity index (χ2n) is 5.24. The maximum absolute atomic E-state index is 12.1. The lowest BCUT2D eigenvalue weighted by atomic mass is 10.2. The molecule has 0 radical (unpaired) electrons. The molecule has 0 atom stereocenters. The fourth-order valence-corrected chi connectivity index (χ4v) is 3.05. The minimum absolute atomic E-state index is 0.110. The van der Waals surface area contributed by atoms with Crippen molar-refractivity contribution in [2.75, 3.05) is 24.8 Å². The molecule has 1 aromatic carbocycles. The van der Waals surface area contributed by atoms with Gasteiger partial charge < -0.3 is 14.6 Å². The number of nitrogens with zero attached hydrogens (tertiary/aromatic N) is 3. The highest BCUT2D eigenvalue weighted by molar-refractivity contribution is 7.99. The van der Waals surface area contributed by atoms with E-state index in [4.69, 9.17) is 10.00 Å². The quantitative estimate of drug-likeness (QED) is 0.781. The van der Waals surface area contributed by atoms with Crippen LogP contribution >= 0.6 is 11.8 Å². The van der Waals surface area contributed by atoms with Crippen LogP contribution in [-0.2, 0) is 16.1 Å². The number of rotatable bonds is 7. The Labute approximate surface area is 145 Å². The van der Waals surface area contributed by atoms with Gasteiger partial charge in [-0.15, -0.1) is 0 Å². The summed E-state index contributed by atoms with van der Waals surface area (Å²) < 4.78 is 7.20. The Morgan fingerprint density at radius 1 is 1.38 bits per heavy atom. The number of hydrogen-bond acceptors (Lipinski definition) is 5. The summed E-state index contributed by atoms with van der Waals surface area (Å²) in [5.41, 5.74) is 3.28. The number of carbonyl (C=O) groups is 1. The number of hydrogen-bond donors (Lipinski definition) is 1. The zero-order valence-corrected chi connectivity index (χ0v) is 14.8. The lowest BCUT2D eigenvalue weighted by Gasteiger charge is -2.09. The van der Waals surface area contributed by atoms with Crippen LogP contribution in [0, 0.1) is 25.2 Å². The highest BCUT2D eigenvalue weighted by atomic mass is 32.2. The van der Waals surface area contributed by atoms with Crippen LogP contribution < -0.4 is 5.32 Å². The van der Waals surface area contributed by atoms with Crippen molar-refractivity contribution >= 4 is 23.4 Å². The summed E-state index contributed by atoms with van der Waals surface area (Å²) in [4.78, 5) is 16.6. The molecule has 0 fully saturated rings. The van der Waals surface area contributed by atoms with Gasteiger partial charge in [0.15, 0.2) is 5.16 Å². The van der Waals surface area contributed by atoms with Crippen LogP contribution in [0.1, 0.15) is 17.0 Å². The van der Waals surface area contributed by atoms with E-state index in [1.165, 1.54) is 11.8 Å². The van der Waals surface area contributed by atoms with Crippen LogP contribution in [0.3, 0.4) is 0 Å². The van der Waals surface area contributed by atoms with Crippen LogP contribution in [0.2, 0.25) is 0 Å². The number of methoxy groups -OCH3 is 1. The van der Waals surface area contributed by atoms with Crippen LogP contribution in [0.5, 0.6) is 0 Å². The highest BCUT2D eigenvalue weighted by Gasteiger charge is 2.13. The minimum Gasteiger partial charge on any atom is -0.383 e. The first-order valence-electron chi connectivity index (χ1n) is 7.50. The van der Waals surface area contributed by atoms with Gasteiger partial charge in [-0.2, -0.15) is 5.26 Å². The van der Waals surface area contributed by atoms with Gasteiger partial charge in [-0.3, -0.25) is 4.79 Å². The van der Waals surface area contributed by atoms with E-state index in [1.54, 1.807) is 31.4 Å². The van der Waals surface area contributed by atoms with E-state index in [0.717, 1.165) is 16.5 Å². The van der Waals surface area contributed by atoms with Crippen LogP contribution in [0.4, 0.5) is 5.69 Å². The zero-order valence-electron chi connectivity index (χ0n) is 14.0. The number of imidazole rings is 1. The number of aryl methyl sites for hydroxylation is 1. The zero-order chi connectivity index (χ0) is 17.5. The summed E-state index contributed by atoms with van der Waals surface area (Å²) in [6.07, 6.45) is 0. The second kappa shape index (κ2) is 8.52. The molecular weight excluding hydrogens is 324 g/mol. The number of amides is 1. The number of thioether (sulfide) groups is 1. The molecule has 0 unspecified atom stereocenters. The normalized spacial score (nSPS) is 10.4. The van der Waals surface area contributed by atoms with Gasteiger partial charge in [-0.05, 0) is 38.1 Å². The third kappa shape index (κ3) is 4.60. The van der Waals surface area contributed by atoms with Crippen molar-refractivity contribution in [3.8, 4) is 6.07 Å². The molecule has 24 heavy (non-hydrogen) atoms. The van der Waals surface area contributed by atoms with Crippen molar-refractivity contribution in [2.45, 2.75) is 25.5 Å². The van der Waals surface area contributed by atoms with Crippen molar-refractivity contribution in [1.82, 2.24) is 9.55 Å². The van der Waals surface area contributed by atoms with Crippen molar-refractivity contribution in [1.29, 1.82) is 5.26 Å². The molecule has 0 saturated heterocycles. The monoisotopic (exact) mass is 344 g/mol. The van der Waals surface area contributed by atoms with Crippen molar-refractivity contribution in [2.24, 2.45) is 0 Å². The topological polar surface area (TPSA) is 79.9 Å². The van der Waals surface area contributed by atoms with E-state index in [-0.39, 0.29) is 11.7 Å². The molecule has 0 saturated carbocycles. The summed E-state index contributed by atoms with van der Waals surface area (Å²) in [5, 5.41) is 12.4. The van der Waals surface area contributed by atoms with E-state index in [0.29, 0.717) is 24.4 Å². The number of anilines is 1. The molecule has 1 heterocycles. The second-order valence-corrected chi connectivity index (χ2v) is 6.18. The summed E-state index contributed by atoms with van der Waals surface area (Å²) in [6.45, 7) is 5.28. The van der Waals surface area contributed by atoms with Crippen LogP contribution in [-0.4, -0.2) is 34.9 Å². The van der Waals surface area contributed by atoms with Gasteiger partial charge in [0.25, 0.3) is 0 Å². The van der Waals surface area contributed by atoms with E-state index in [1.807, 2.05) is 19.9 Å². The van der Waals surface area contributed by atoms with Gasteiger partial charge >= 0.3 is 0 Å². The molecule has 7 heteroatoms. The lowest BCUT2D eigenvalue weighted by molar-refractivity contribution is -0.113. The molecule has 2 aromatic rings. The Bertz CT molecular complexity index is 747. The standard InChI is InChI=1S/C17H20N4O2S/c1-12-13(2)21(8-9-23-3)17(19-12)24-11-16(22)20-15-6-4-14(10-18)5-7-15/h4-7H,8-9,11H2,1-3H3,(H,20,22). The molecule has 1 aromatic heterocycles. The van der Waals surface area contributed by atoms with Crippen LogP contribution in [0.15, 0.2) is 29.4 Å². The minimum atomic E-state index is -0.110. The predicted octanol–water partition coefficient (Wildman–Crippen LogP) is 2.75. The Morgan fingerprint density at radius 3 is 2.71 bits per heavy atom. The summed E-state index contributed by atoms with van der Waals surface area (Å²) >= 11 is 1.40. The van der Waals surface area contributed by atoms with Gasteiger partial charge in [-0.25, -0.2) is 4.98 Å². The molecule has 0 bridgehead atoms. The molecule has 1 N–H and O–H groups in total. The summed E-state index contributed by atoms with van der Waals surface area (Å²) in [7, 11) is 1.66. The molecule has 126 valence electrons. The molecule has 0 spiro atoms.